The number of anilines is 1. The summed E-state index contributed by atoms with van der Waals surface area (Å²) in [6.45, 7) is 3.11. The smallest absolute Gasteiger partial charge is 0.229 e. The fourth-order valence-corrected chi connectivity index (χ4v) is 6.76. The van der Waals surface area contributed by atoms with Gasteiger partial charge in [0.1, 0.15) is 5.78 Å². The van der Waals surface area contributed by atoms with Gasteiger partial charge in [0.15, 0.2) is 0 Å². The number of fused-ring (bicyclic) bond motifs is 6. The van der Waals surface area contributed by atoms with Gasteiger partial charge in [-0.2, -0.15) is 0 Å². The van der Waals surface area contributed by atoms with Crippen molar-refractivity contribution in [1.82, 2.24) is 4.90 Å². The number of ether oxygens (including phenoxy) is 1. The third-order valence-electron chi connectivity index (χ3n) is 7.96. The second-order valence-electron chi connectivity index (χ2n) is 9.05. The van der Waals surface area contributed by atoms with E-state index in [9.17, 15) is 14.4 Å². The molecule has 150 valence electrons. The maximum absolute atomic E-state index is 13.8. The van der Waals surface area contributed by atoms with E-state index in [1.54, 1.807) is 6.92 Å². The molecule has 4 fully saturated rings. The van der Waals surface area contributed by atoms with Gasteiger partial charge in [0, 0.05) is 38.0 Å². The summed E-state index contributed by atoms with van der Waals surface area (Å²) < 4.78 is 6.17. The van der Waals surface area contributed by atoms with Crippen molar-refractivity contribution in [3.63, 3.8) is 0 Å². The van der Waals surface area contributed by atoms with Gasteiger partial charge < -0.3 is 14.5 Å². The number of nitrogens with zero attached hydrogens (tertiary/aromatic N) is 2. The van der Waals surface area contributed by atoms with Crippen molar-refractivity contribution in [3.8, 4) is 0 Å². The van der Waals surface area contributed by atoms with Crippen LogP contribution in [0.5, 0.6) is 0 Å². The molecule has 1 spiro atoms. The molecule has 6 aliphatic rings. The average molecular weight is 392 g/mol. The van der Waals surface area contributed by atoms with Gasteiger partial charge in [-0.3, -0.25) is 14.4 Å². The Hall–Kier alpha value is -2.47. The van der Waals surface area contributed by atoms with E-state index >= 15 is 0 Å². The highest BCUT2D eigenvalue weighted by Gasteiger charge is 2.67. The highest BCUT2D eigenvalue weighted by molar-refractivity contribution is 6.06. The highest BCUT2D eigenvalue weighted by Crippen LogP contribution is 2.60. The first kappa shape index (κ1) is 17.4. The van der Waals surface area contributed by atoms with Gasteiger partial charge in [-0.25, -0.2) is 0 Å². The van der Waals surface area contributed by atoms with Crippen LogP contribution in [-0.2, 0) is 24.5 Å². The Morgan fingerprint density at radius 1 is 1.21 bits per heavy atom. The van der Waals surface area contributed by atoms with Crippen LogP contribution in [0, 0.1) is 11.8 Å². The molecular formula is C23H24N2O4. The summed E-state index contributed by atoms with van der Waals surface area (Å²) in [6, 6.07) is 7.66. The molecule has 1 aliphatic carbocycles. The second-order valence-corrected chi connectivity index (χ2v) is 9.05. The van der Waals surface area contributed by atoms with Crippen LogP contribution in [0.1, 0.15) is 31.7 Å². The maximum Gasteiger partial charge on any atom is 0.229 e. The summed E-state index contributed by atoms with van der Waals surface area (Å²) in [5.41, 5.74) is 2.22. The van der Waals surface area contributed by atoms with Crippen LogP contribution in [0.25, 0.3) is 0 Å². The summed E-state index contributed by atoms with van der Waals surface area (Å²) in [7, 11) is 0. The molecule has 0 radical (unpaired) electrons. The second kappa shape index (κ2) is 5.79. The Bertz CT molecular complexity index is 985. The summed E-state index contributed by atoms with van der Waals surface area (Å²) in [4.78, 5) is 43.3. The molecule has 5 atom stereocenters. The molecule has 3 saturated heterocycles. The molecule has 7 rings (SSSR count). The molecule has 4 bridgehead atoms. The van der Waals surface area contributed by atoms with Gasteiger partial charge >= 0.3 is 0 Å². The molecule has 1 aromatic rings. The third-order valence-corrected chi connectivity index (χ3v) is 7.96. The zero-order valence-electron chi connectivity index (χ0n) is 16.5. The number of para-hydroxylation sites is 1. The minimum Gasteiger partial charge on any atom is -0.373 e. The minimum absolute atomic E-state index is 0.0259. The molecule has 5 heterocycles. The zero-order valence-corrected chi connectivity index (χ0v) is 16.5. The van der Waals surface area contributed by atoms with E-state index < -0.39 is 5.41 Å². The lowest BCUT2D eigenvalue weighted by Crippen LogP contribution is -2.66. The first-order valence-electron chi connectivity index (χ1n) is 10.5. The number of ketones is 1. The largest absolute Gasteiger partial charge is 0.373 e. The molecule has 1 aromatic carbocycles. The topological polar surface area (TPSA) is 66.9 Å². The maximum atomic E-state index is 13.8. The Morgan fingerprint density at radius 3 is 2.86 bits per heavy atom. The van der Waals surface area contributed by atoms with Crippen molar-refractivity contribution < 1.29 is 19.1 Å². The number of amides is 2. The Balaban J connectivity index is 1.63. The van der Waals surface area contributed by atoms with Crippen LogP contribution in [0.4, 0.5) is 5.69 Å². The van der Waals surface area contributed by atoms with Crippen LogP contribution in [-0.4, -0.2) is 54.3 Å². The summed E-state index contributed by atoms with van der Waals surface area (Å²) in [5.74, 6) is 0.395. The first-order valence-corrected chi connectivity index (χ1v) is 10.5. The number of carbonyl (C=O) groups is 3. The molecule has 2 amide bonds. The Kier molecular flexibility index (Phi) is 3.47. The van der Waals surface area contributed by atoms with Gasteiger partial charge in [0.2, 0.25) is 11.8 Å². The average Bonchev–Trinajstić information content (AvgIpc) is 2.95. The van der Waals surface area contributed by atoms with Crippen molar-refractivity contribution in [2.45, 2.75) is 43.7 Å². The van der Waals surface area contributed by atoms with Crippen molar-refractivity contribution in [1.29, 1.82) is 0 Å². The van der Waals surface area contributed by atoms with E-state index in [1.165, 1.54) is 0 Å². The van der Waals surface area contributed by atoms with Gasteiger partial charge in [0.05, 0.1) is 30.6 Å². The number of carbonyl (C=O) groups excluding carboxylic acids is 3. The monoisotopic (exact) mass is 392 g/mol. The first-order chi connectivity index (χ1) is 14.0. The van der Waals surface area contributed by atoms with E-state index in [-0.39, 0.29) is 41.6 Å². The number of rotatable bonds is 0. The molecule has 6 heteroatoms. The van der Waals surface area contributed by atoms with E-state index in [2.05, 4.69) is 6.08 Å². The SMILES string of the molecule is CC(=O)N1CCC23C(=O)CC4C(=CCOC5CC(=O)N(c6ccccc62)C3C54)C1. The Labute approximate surface area is 169 Å². The van der Waals surface area contributed by atoms with E-state index in [1.807, 2.05) is 34.1 Å². The summed E-state index contributed by atoms with van der Waals surface area (Å²) in [5, 5.41) is 0. The molecule has 5 aliphatic heterocycles. The quantitative estimate of drug-likeness (QED) is 0.632. The van der Waals surface area contributed by atoms with E-state index in [0.717, 1.165) is 16.8 Å². The number of Topliss-reactive ketones (excluding diaryl/α,β-unsaturated/α-hetero) is 1. The number of hydrogen-bond acceptors (Lipinski definition) is 4. The van der Waals surface area contributed by atoms with Crippen LogP contribution in [0.3, 0.4) is 0 Å². The van der Waals surface area contributed by atoms with Gasteiger partial charge in [-0.05, 0) is 29.5 Å². The molecule has 0 N–H and O–H groups in total. The third kappa shape index (κ3) is 2.08. The fraction of sp³-hybridized carbons (Fsp3) is 0.522. The fourth-order valence-electron chi connectivity index (χ4n) is 6.76. The lowest BCUT2D eigenvalue weighted by Gasteiger charge is -2.53. The molecule has 0 aromatic heterocycles. The van der Waals surface area contributed by atoms with Gasteiger partial charge in [0.25, 0.3) is 0 Å². The number of piperidine rings is 1. The van der Waals surface area contributed by atoms with Crippen molar-refractivity contribution >= 4 is 23.3 Å². The van der Waals surface area contributed by atoms with Crippen molar-refractivity contribution in [2.75, 3.05) is 24.6 Å². The standard InChI is InChI=1S/C23H24N2O4/c1-13(26)24-8-7-23-16-4-2-3-5-17(16)25-20(28)11-18-21(22(23)25)15(10-19(23)27)14(12-24)6-9-29-18/h2-6,15,18,21-22H,7-12H2,1H3. The predicted molar refractivity (Wildman–Crippen MR) is 105 cm³/mol. The molecule has 29 heavy (non-hydrogen) atoms. The molecule has 1 saturated carbocycles. The Morgan fingerprint density at radius 2 is 2.03 bits per heavy atom. The minimum atomic E-state index is -0.747. The highest BCUT2D eigenvalue weighted by atomic mass is 16.5. The lowest BCUT2D eigenvalue weighted by atomic mass is 9.55. The van der Waals surface area contributed by atoms with E-state index in [4.69, 9.17) is 4.74 Å². The van der Waals surface area contributed by atoms with Crippen molar-refractivity contribution in [3.05, 3.63) is 41.5 Å². The zero-order chi connectivity index (χ0) is 19.9. The molecular weight excluding hydrogens is 368 g/mol. The van der Waals surface area contributed by atoms with Gasteiger partial charge in [-0.1, -0.05) is 24.3 Å². The van der Waals surface area contributed by atoms with Crippen LogP contribution < -0.4 is 4.90 Å². The molecule has 6 nitrogen and oxygen atoms in total. The van der Waals surface area contributed by atoms with Crippen LogP contribution >= 0.6 is 0 Å². The summed E-state index contributed by atoms with van der Waals surface area (Å²) >= 11 is 0. The number of benzene rings is 1. The molecule has 5 unspecified atom stereocenters. The van der Waals surface area contributed by atoms with Crippen molar-refractivity contribution in [2.24, 2.45) is 11.8 Å². The van der Waals surface area contributed by atoms with Crippen LogP contribution in [0.15, 0.2) is 35.9 Å². The van der Waals surface area contributed by atoms with Crippen LogP contribution in [0.2, 0.25) is 0 Å². The number of hydrogen-bond donors (Lipinski definition) is 0. The predicted octanol–water partition coefficient (Wildman–Crippen LogP) is 1.83. The normalized spacial score (nSPS) is 37.3. The lowest BCUT2D eigenvalue weighted by molar-refractivity contribution is -0.140. The summed E-state index contributed by atoms with van der Waals surface area (Å²) in [6.07, 6.45) is 3.26. The van der Waals surface area contributed by atoms with E-state index in [0.29, 0.717) is 39.0 Å². The van der Waals surface area contributed by atoms with Gasteiger partial charge in [-0.15, -0.1) is 0 Å².